The van der Waals surface area contributed by atoms with E-state index in [9.17, 15) is 9.18 Å². The van der Waals surface area contributed by atoms with Crippen LogP contribution in [0.4, 0.5) is 10.1 Å². The SMILES string of the molecule is O=C(Nc1ccc(F)cc1)c1cc2cccc(Br)c2o1. The molecule has 1 N–H and O–H groups in total. The minimum absolute atomic E-state index is 0.205. The predicted molar refractivity (Wildman–Crippen MR) is 78.3 cm³/mol. The molecular weight excluding hydrogens is 325 g/mol. The molecule has 3 rings (SSSR count). The summed E-state index contributed by atoms with van der Waals surface area (Å²) in [6.07, 6.45) is 0. The largest absolute Gasteiger partial charge is 0.450 e. The Balaban J connectivity index is 1.89. The van der Waals surface area contributed by atoms with Gasteiger partial charge in [0.05, 0.1) is 4.47 Å². The zero-order valence-electron chi connectivity index (χ0n) is 10.2. The number of rotatable bonds is 2. The fourth-order valence-electron chi connectivity index (χ4n) is 1.87. The minimum atomic E-state index is -0.375. The number of carbonyl (C=O) groups is 1. The highest BCUT2D eigenvalue weighted by molar-refractivity contribution is 9.10. The molecule has 100 valence electrons. The van der Waals surface area contributed by atoms with Gasteiger partial charge in [-0.15, -0.1) is 0 Å². The summed E-state index contributed by atoms with van der Waals surface area (Å²) in [5.41, 5.74) is 1.13. The number of nitrogens with one attached hydrogen (secondary N) is 1. The van der Waals surface area contributed by atoms with Crippen LogP contribution in [-0.2, 0) is 0 Å². The summed E-state index contributed by atoms with van der Waals surface area (Å²) >= 11 is 3.37. The first-order valence-electron chi connectivity index (χ1n) is 5.88. The summed E-state index contributed by atoms with van der Waals surface area (Å²) in [7, 11) is 0. The van der Waals surface area contributed by atoms with Crippen LogP contribution >= 0.6 is 15.9 Å². The molecule has 0 spiro atoms. The number of para-hydroxylation sites is 1. The molecule has 1 amide bonds. The average Bonchev–Trinajstić information content (AvgIpc) is 2.87. The van der Waals surface area contributed by atoms with E-state index in [-0.39, 0.29) is 17.5 Å². The molecular formula is C15H9BrFNO2. The van der Waals surface area contributed by atoms with Crippen molar-refractivity contribution < 1.29 is 13.6 Å². The molecule has 0 unspecified atom stereocenters. The van der Waals surface area contributed by atoms with Gasteiger partial charge in [0.1, 0.15) is 11.4 Å². The molecule has 1 aromatic heterocycles. The second kappa shape index (κ2) is 5.09. The molecule has 1 heterocycles. The number of hydrogen-bond acceptors (Lipinski definition) is 2. The quantitative estimate of drug-likeness (QED) is 0.745. The van der Waals surface area contributed by atoms with Crippen LogP contribution in [0.2, 0.25) is 0 Å². The third kappa shape index (κ3) is 2.44. The summed E-state index contributed by atoms with van der Waals surface area (Å²) in [6.45, 7) is 0. The normalized spacial score (nSPS) is 10.7. The maximum absolute atomic E-state index is 12.8. The van der Waals surface area contributed by atoms with Crippen LogP contribution in [0, 0.1) is 5.82 Å². The van der Waals surface area contributed by atoms with Crippen LogP contribution < -0.4 is 5.32 Å². The van der Waals surface area contributed by atoms with E-state index in [0.29, 0.717) is 11.3 Å². The van der Waals surface area contributed by atoms with E-state index < -0.39 is 0 Å². The number of carbonyl (C=O) groups excluding carboxylic acids is 1. The van der Waals surface area contributed by atoms with Crippen LogP contribution in [0.5, 0.6) is 0 Å². The van der Waals surface area contributed by atoms with E-state index in [0.717, 1.165) is 9.86 Å². The van der Waals surface area contributed by atoms with Crippen molar-refractivity contribution in [3.8, 4) is 0 Å². The van der Waals surface area contributed by atoms with Gasteiger partial charge < -0.3 is 9.73 Å². The Morgan fingerprint density at radius 1 is 1.15 bits per heavy atom. The lowest BCUT2D eigenvalue weighted by atomic mass is 10.2. The Bertz CT molecular complexity index is 780. The van der Waals surface area contributed by atoms with Crippen LogP contribution in [0.3, 0.4) is 0 Å². The van der Waals surface area contributed by atoms with E-state index in [4.69, 9.17) is 4.42 Å². The Morgan fingerprint density at radius 3 is 2.60 bits per heavy atom. The number of furan rings is 1. The summed E-state index contributed by atoms with van der Waals surface area (Å²) < 4.78 is 19.1. The molecule has 3 nitrogen and oxygen atoms in total. The van der Waals surface area contributed by atoms with Gasteiger partial charge >= 0.3 is 0 Å². The van der Waals surface area contributed by atoms with Gasteiger partial charge in [0.15, 0.2) is 5.76 Å². The smallest absolute Gasteiger partial charge is 0.291 e. The number of fused-ring (bicyclic) bond motifs is 1. The number of halogens is 2. The summed E-state index contributed by atoms with van der Waals surface area (Å²) in [6, 6.07) is 12.8. The van der Waals surface area contributed by atoms with Gasteiger partial charge in [0.25, 0.3) is 5.91 Å². The Morgan fingerprint density at radius 2 is 1.90 bits per heavy atom. The van der Waals surface area contributed by atoms with Crippen molar-refractivity contribution in [2.45, 2.75) is 0 Å². The van der Waals surface area contributed by atoms with Crippen LogP contribution in [0.25, 0.3) is 11.0 Å². The first kappa shape index (κ1) is 12.9. The van der Waals surface area contributed by atoms with Crippen molar-refractivity contribution in [1.29, 1.82) is 0 Å². The zero-order chi connectivity index (χ0) is 14.1. The highest BCUT2D eigenvalue weighted by Crippen LogP contribution is 2.27. The number of anilines is 1. The molecule has 0 fully saturated rings. The molecule has 0 aliphatic rings. The molecule has 0 aliphatic carbocycles. The molecule has 5 heteroatoms. The summed E-state index contributed by atoms with van der Waals surface area (Å²) in [4.78, 5) is 12.1. The Kier molecular flexibility index (Phi) is 3.28. The fourth-order valence-corrected chi connectivity index (χ4v) is 2.33. The monoisotopic (exact) mass is 333 g/mol. The molecule has 3 aromatic rings. The van der Waals surface area contributed by atoms with E-state index in [2.05, 4.69) is 21.2 Å². The second-order valence-corrected chi connectivity index (χ2v) is 5.08. The number of amides is 1. The molecule has 0 saturated carbocycles. The van der Waals surface area contributed by atoms with E-state index >= 15 is 0 Å². The van der Waals surface area contributed by atoms with Crippen molar-refractivity contribution >= 4 is 38.5 Å². The van der Waals surface area contributed by atoms with Crippen molar-refractivity contribution in [1.82, 2.24) is 0 Å². The number of hydrogen-bond donors (Lipinski definition) is 1. The van der Waals surface area contributed by atoms with Crippen molar-refractivity contribution in [3.63, 3.8) is 0 Å². The van der Waals surface area contributed by atoms with Gasteiger partial charge in [-0.3, -0.25) is 4.79 Å². The minimum Gasteiger partial charge on any atom is -0.450 e. The maximum atomic E-state index is 12.8. The van der Waals surface area contributed by atoms with Crippen LogP contribution in [0.15, 0.2) is 57.4 Å². The lowest BCUT2D eigenvalue weighted by molar-refractivity contribution is 0.0998. The van der Waals surface area contributed by atoms with Gasteiger partial charge in [-0.2, -0.15) is 0 Å². The fraction of sp³-hybridized carbons (Fsp3) is 0. The summed E-state index contributed by atoms with van der Waals surface area (Å²) in [5, 5.41) is 3.49. The van der Waals surface area contributed by atoms with Crippen molar-refractivity contribution in [2.24, 2.45) is 0 Å². The predicted octanol–water partition coefficient (Wildman–Crippen LogP) is 4.59. The standard InChI is InChI=1S/C15H9BrFNO2/c16-12-3-1-2-9-8-13(20-14(9)12)15(19)18-11-6-4-10(17)5-7-11/h1-8H,(H,18,19). The third-order valence-electron chi connectivity index (χ3n) is 2.82. The van der Waals surface area contributed by atoms with Crippen molar-refractivity contribution in [2.75, 3.05) is 5.32 Å². The van der Waals surface area contributed by atoms with E-state index in [1.165, 1.54) is 24.3 Å². The topological polar surface area (TPSA) is 42.2 Å². The zero-order valence-corrected chi connectivity index (χ0v) is 11.8. The molecule has 0 radical (unpaired) electrons. The average molecular weight is 334 g/mol. The molecule has 2 aromatic carbocycles. The summed E-state index contributed by atoms with van der Waals surface area (Å²) in [5.74, 6) is -0.522. The number of benzene rings is 2. The second-order valence-electron chi connectivity index (χ2n) is 4.23. The van der Waals surface area contributed by atoms with Gasteiger partial charge in [-0.25, -0.2) is 4.39 Å². The molecule has 20 heavy (non-hydrogen) atoms. The van der Waals surface area contributed by atoms with Gasteiger partial charge in [0.2, 0.25) is 0 Å². The van der Waals surface area contributed by atoms with Gasteiger partial charge in [-0.05, 0) is 52.3 Å². The van der Waals surface area contributed by atoms with E-state index in [1.807, 2.05) is 18.2 Å². The first-order valence-corrected chi connectivity index (χ1v) is 6.68. The first-order chi connectivity index (χ1) is 9.63. The van der Waals surface area contributed by atoms with Crippen LogP contribution in [0.1, 0.15) is 10.6 Å². The molecule has 0 aliphatic heterocycles. The van der Waals surface area contributed by atoms with Crippen molar-refractivity contribution in [3.05, 3.63) is 64.6 Å². The van der Waals surface area contributed by atoms with Crippen LogP contribution in [-0.4, -0.2) is 5.91 Å². The van der Waals surface area contributed by atoms with Gasteiger partial charge in [-0.1, -0.05) is 12.1 Å². The third-order valence-corrected chi connectivity index (χ3v) is 3.45. The Labute approximate surface area is 122 Å². The molecule has 0 bridgehead atoms. The lowest BCUT2D eigenvalue weighted by Gasteiger charge is -2.02. The van der Waals surface area contributed by atoms with Gasteiger partial charge in [0, 0.05) is 11.1 Å². The molecule has 0 saturated heterocycles. The lowest BCUT2D eigenvalue weighted by Crippen LogP contribution is -2.10. The Hall–Kier alpha value is -2.14. The highest BCUT2D eigenvalue weighted by Gasteiger charge is 2.13. The molecule has 0 atom stereocenters. The highest BCUT2D eigenvalue weighted by atomic mass is 79.9. The maximum Gasteiger partial charge on any atom is 0.291 e. The van der Waals surface area contributed by atoms with E-state index in [1.54, 1.807) is 6.07 Å².